The maximum Gasteiger partial charge on any atom is 0.289 e. The molecular weight excluding hydrogens is 425 g/mol. The molecule has 0 saturated heterocycles. The van der Waals surface area contributed by atoms with Crippen LogP contribution in [0, 0.1) is 18.3 Å². The predicted octanol–water partition coefficient (Wildman–Crippen LogP) is 1.98. The fourth-order valence-corrected chi connectivity index (χ4v) is 3.72. The maximum absolute atomic E-state index is 12.9. The summed E-state index contributed by atoms with van der Waals surface area (Å²) in [5.74, 6) is -0.552. The molecular formula is C23H20N5O3P. The molecule has 3 aromatic rings. The summed E-state index contributed by atoms with van der Waals surface area (Å²) in [4.78, 5) is 35.8. The van der Waals surface area contributed by atoms with E-state index in [4.69, 9.17) is 10.00 Å². The van der Waals surface area contributed by atoms with Gasteiger partial charge in [-0.3, -0.25) is 9.59 Å². The van der Waals surface area contributed by atoms with Crippen LogP contribution in [0.3, 0.4) is 0 Å². The quantitative estimate of drug-likeness (QED) is 0.618. The number of hydrogen-bond acceptors (Lipinski definition) is 6. The van der Waals surface area contributed by atoms with Crippen LogP contribution in [0.25, 0.3) is 11.3 Å². The molecule has 0 saturated carbocycles. The average Bonchev–Trinajstić information content (AvgIpc) is 2.91. The Labute approximate surface area is 187 Å². The Morgan fingerprint density at radius 1 is 1.31 bits per heavy atom. The van der Waals surface area contributed by atoms with E-state index in [9.17, 15) is 9.59 Å². The summed E-state index contributed by atoms with van der Waals surface area (Å²) >= 11 is 0. The standard InChI is InChI=1S/C23H20N5O3P/c1-13-11-25-21(27-20(13)15-4-3-5-16(32)9-15)22(29)26-17-12-31-19-8-14(10-24)6-7-18(19)28(2)23(17)30/h3-9,11,17H,12,32H2,1-2H3,(H,26,29)/t17-/m0/s1. The molecule has 2 heterocycles. The Morgan fingerprint density at radius 2 is 2.12 bits per heavy atom. The topological polar surface area (TPSA) is 108 Å². The van der Waals surface area contributed by atoms with Crippen molar-refractivity contribution in [3.05, 3.63) is 65.6 Å². The molecule has 1 aliphatic rings. The summed E-state index contributed by atoms with van der Waals surface area (Å²) in [7, 11) is 4.23. The number of amides is 2. The molecule has 2 atom stereocenters. The molecule has 0 spiro atoms. The van der Waals surface area contributed by atoms with E-state index in [-0.39, 0.29) is 18.3 Å². The van der Waals surface area contributed by atoms with Gasteiger partial charge in [0.25, 0.3) is 11.8 Å². The number of fused-ring (bicyclic) bond motifs is 1. The van der Waals surface area contributed by atoms with Gasteiger partial charge in [-0.05, 0) is 36.0 Å². The number of hydrogen-bond donors (Lipinski definition) is 1. The van der Waals surface area contributed by atoms with Gasteiger partial charge in [0.1, 0.15) is 18.4 Å². The average molecular weight is 445 g/mol. The van der Waals surface area contributed by atoms with E-state index in [0.29, 0.717) is 22.7 Å². The van der Waals surface area contributed by atoms with Crippen molar-refractivity contribution < 1.29 is 14.3 Å². The van der Waals surface area contributed by atoms with Gasteiger partial charge < -0.3 is 15.0 Å². The number of anilines is 1. The van der Waals surface area contributed by atoms with Crippen LogP contribution >= 0.6 is 9.24 Å². The SMILES string of the molecule is Cc1cnc(C(=O)N[C@H]2COc3cc(C#N)ccc3N(C)C2=O)nc1-c1cccc(P)c1. The zero-order valence-electron chi connectivity index (χ0n) is 17.5. The molecule has 0 aliphatic carbocycles. The van der Waals surface area contributed by atoms with Crippen molar-refractivity contribution in [1.82, 2.24) is 15.3 Å². The maximum atomic E-state index is 12.9. The number of likely N-dealkylation sites (N-methyl/N-ethyl adjacent to an activating group) is 1. The number of carbonyl (C=O) groups excluding carboxylic acids is 2. The highest BCUT2D eigenvalue weighted by atomic mass is 31.0. The lowest BCUT2D eigenvalue weighted by atomic mass is 10.1. The highest BCUT2D eigenvalue weighted by molar-refractivity contribution is 7.27. The van der Waals surface area contributed by atoms with Gasteiger partial charge in [0, 0.05) is 24.9 Å². The minimum absolute atomic E-state index is 0.0382. The fraction of sp³-hybridized carbons (Fsp3) is 0.174. The van der Waals surface area contributed by atoms with Crippen LogP contribution in [0.4, 0.5) is 5.69 Å². The first-order chi connectivity index (χ1) is 15.4. The summed E-state index contributed by atoms with van der Waals surface area (Å²) in [6.45, 7) is 1.79. The lowest BCUT2D eigenvalue weighted by Gasteiger charge is -2.20. The van der Waals surface area contributed by atoms with Gasteiger partial charge in [-0.25, -0.2) is 9.97 Å². The third-order valence-electron chi connectivity index (χ3n) is 5.12. The zero-order valence-corrected chi connectivity index (χ0v) is 18.6. The Kier molecular flexibility index (Phi) is 5.85. The van der Waals surface area contributed by atoms with E-state index >= 15 is 0 Å². The Hall–Kier alpha value is -3.82. The van der Waals surface area contributed by atoms with Crippen LogP contribution < -0.4 is 20.3 Å². The first-order valence-electron chi connectivity index (χ1n) is 9.82. The van der Waals surface area contributed by atoms with Crippen molar-refractivity contribution in [2.45, 2.75) is 13.0 Å². The third kappa shape index (κ3) is 4.16. The number of aryl methyl sites for hydroxylation is 1. The second-order valence-corrected chi connectivity index (χ2v) is 8.05. The number of carbonyl (C=O) groups is 2. The molecule has 2 aromatic carbocycles. The molecule has 2 amide bonds. The summed E-state index contributed by atoms with van der Waals surface area (Å²) in [5.41, 5.74) is 3.28. The monoisotopic (exact) mass is 445 g/mol. The van der Waals surface area contributed by atoms with Gasteiger partial charge in [-0.15, -0.1) is 9.24 Å². The highest BCUT2D eigenvalue weighted by Gasteiger charge is 2.31. The summed E-state index contributed by atoms with van der Waals surface area (Å²) in [5, 5.41) is 12.8. The number of nitrogens with one attached hydrogen (secondary N) is 1. The Balaban J connectivity index is 1.57. The molecule has 1 unspecified atom stereocenters. The molecule has 1 aromatic heterocycles. The van der Waals surface area contributed by atoms with Crippen molar-refractivity contribution in [3.63, 3.8) is 0 Å². The van der Waals surface area contributed by atoms with Gasteiger partial charge in [-0.1, -0.05) is 18.2 Å². The molecule has 8 nitrogen and oxygen atoms in total. The van der Waals surface area contributed by atoms with Gasteiger partial charge in [-0.2, -0.15) is 5.26 Å². The number of rotatable bonds is 3. The van der Waals surface area contributed by atoms with Crippen molar-refractivity contribution in [1.29, 1.82) is 5.26 Å². The molecule has 1 N–H and O–H groups in total. The van der Waals surface area contributed by atoms with Gasteiger partial charge >= 0.3 is 0 Å². The number of nitrogens with zero attached hydrogens (tertiary/aromatic N) is 4. The second-order valence-electron chi connectivity index (χ2n) is 7.38. The van der Waals surface area contributed by atoms with Crippen LogP contribution in [-0.4, -0.2) is 41.5 Å². The van der Waals surface area contributed by atoms with Crippen LogP contribution in [0.5, 0.6) is 5.75 Å². The van der Waals surface area contributed by atoms with Gasteiger partial charge in [0.15, 0.2) is 0 Å². The number of nitriles is 1. The lowest BCUT2D eigenvalue weighted by molar-refractivity contribution is -0.120. The minimum atomic E-state index is -0.936. The molecule has 4 rings (SSSR count). The fourth-order valence-electron chi connectivity index (χ4n) is 3.43. The van der Waals surface area contributed by atoms with E-state index in [1.165, 1.54) is 4.90 Å². The minimum Gasteiger partial charge on any atom is -0.489 e. The first kappa shape index (κ1) is 21.4. The largest absolute Gasteiger partial charge is 0.489 e. The van der Waals surface area contributed by atoms with Crippen LogP contribution in [0.15, 0.2) is 48.7 Å². The molecule has 1 aliphatic heterocycles. The predicted molar refractivity (Wildman–Crippen MR) is 123 cm³/mol. The van der Waals surface area contributed by atoms with Crippen molar-refractivity contribution in [2.75, 3.05) is 18.6 Å². The van der Waals surface area contributed by atoms with Crippen molar-refractivity contribution >= 4 is 32.0 Å². The molecule has 32 heavy (non-hydrogen) atoms. The van der Waals surface area contributed by atoms with E-state index in [1.54, 1.807) is 31.4 Å². The van der Waals surface area contributed by atoms with Crippen LogP contribution in [0.2, 0.25) is 0 Å². The Bertz CT molecular complexity index is 1270. The van der Waals surface area contributed by atoms with E-state index in [0.717, 1.165) is 16.4 Å². The van der Waals surface area contributed by atoms with Crippen molar-refractivity contribution in [3.8, 4) is 23.1 Å². The summed E-state index contributed by atoms with van der Waals surface area (Å²) in [6.07, 6.45) is 1.59. The number of aromatic nitrogens is 2. The van der Waals surface area contributed by atoms with Gasteiger partial charge in [0.2, 0.25) is 5.82 Å². The van der Waals surface area contributed by atoms with Crippen molar-refractivity contribution in [2.24, 2.45) is 0 Å². The van der Waals surface area contributed by atoms with E-state index in [1.807, 2.05) is 37.3 Å². The lowest BCUT2D eigenvalue weighted by Crippen LogP contribution is -2.49. The van der Waals surface area contributed by atoms with E-state index in [2.05, 4.69) is 24.5 Å². The molecule has 0 radical (unpaired) electrons. The highest BCUT2D eigenvalue weighted by Crippen LogP contribution is 2.31. The van der Waals surface area contributed by atoms with Gasteiger partial charge in [0.05, 0.1) is 23.0 Å². The smallest absolute Gasteiger partial charge is 0.289 e. The third-order valence-corrected chi connectivity index (χ3v) is 5.48. The molecule has 9 heteroatoms. The molecule has 160 valence electrons. The van der Waals surface area contributed by atoms with Crippen LogP contribution in [-0.2, 0) is 4.79 Å². The zero-order chi connectivity index (χ0) is 22.8. The number of ether oxygens (including phenoxy) is 1. The first-order valence-corrected chi connectivity index (χ1v) is 10.4. The molecule has 0 fully saturated rings. The second kappa shape index (κ2) is 8.74. The van der Waals surface area contributed by atoms with Crippen LogP contribution in [0.1, 0.15) is 21.7 Å². The normalized spacial score (nSPS) is 15.2. The Morgan fingerprint density at radius 3 is 2.88 bits per heavy atom. The molecule has 0 bridgehead atoms. The summed E-state index contributed by atoms with van der Waals surface area (Å²) in [6, 6.07) is 13.6. The summed E-state index contributed by atoms with van der Waals surface area (Å²) < 4.78 is 5.74. The van der Waals surface area contributed by atoms with E-state index < -0.39 is 11.9 Å². The number of benzene rings is 2.